The highest BCUT2D eigenvalue weighted by Gasteiger charge is 2.33. The highest BCUT2D eigenvalue weighted by Crippen LogP contribution is 2.29. The number of benzene rings is 1. The molecule has 0 unspecified atom stereocenters. The number of aliphatic hydroxyl groups is 1. The molecule has 0 aliphatic heterocycles. The molecule has 0 radical (unpaired) electrons. The summed E-state index contributed by atoms with van der Waals surface area (Å²) in [4.78, 5) is 13.7. The number of ether oxygens (including phenoxy) is 1. The summed E-state index contributed by atoms with van der Waals surface area (Å²) in [5.41, 5.74) is 0.487. The Kier molecular flexibility index (Phi) is 5.23. The fourth-order valence-electron chi connectivity index (χ4n) is 2.83. The fourth-order valence-corrected chi connectivity index (χ4v) is 2.83. The molecule has 4 heteroatoms. The number of carbonyl (C=O) groups is 1. The predicted octanol–water partition coefficient (Wildman–Crippen LogP) is 2.39. The molecule has 1 aromatic rings. The van der Waals surface area contributed by atoms with E-state index in [2.05, 4.69) is 6.92 Å². The number of hydrogen-bond donors (Lipinski definition) is 1. The van der Waals surface area contributed by atoms with E-state index in [4.69, 9.17) is 4.74 Å². The van der Waals surface area contributed by atoms with Gasteiger partial charge in [-0.05, 0) is 37.0 Å². The number of hydrogen-bond acceptors (Lipinski definition) is 3. The molecular weight excluding hydrogens is 266 g/mol. The van der Waals surface area contributed by atoms with Crippen molar-refractivity contribution in [3.63, 3.8) is 0 Å². The van der Waals surface area contributed by atoms with Crippen molar-refractivity contribution in [2.75, 3.05) is 20.2 Å². The van der Waals surface area contributed by atoms with Crippen LogP contribution in [0.2, 0.25) is 0 Å². The number of likely N-dealkylation sites (N-methyl/N-ethyl adjacent to an activating group) is 1. The second-order valence-corrected chi connectivity index (χ2v) is 5.97. The predicted molar refractivity (Wildman–Crippen MR) is 82.4 cm³/mol. The van der Waals surface area contributed by atoms with Gasteiger partial charge >= 0.3 is 0 Å². The lowest BCUT2D eigenvalue weighted by molar-refractivity contribution is -0.135. The number of nitrogens with zero attached hydrogens (tertiary/aromatic N) is 1. The highest BCUT2D eigenvalue weighted by molar-refractivity contribution is 5.77. The molecule has 21 heavy (non-hydrogen) atoms. The van der Waals surface area contributed by atoms with Gasteiger partial charge in [-0.1, -0.05) is 31.9 Å². The van der Waals surface area contributed by atoms with E-state index in [9.17, 15) is 9.90 Å². The number of amides is 1. The summed E-state index contributed by atoms with van der Waals surface area (Å²) < 4.78 is 5.56. The van der Waals surface area contributed by atoms with Crippen LogP contribution >= 0.6 is 0 Å². The molecule has 0 aromatic heterocycles. The Morgan fingerprint density at radius 3 is 2.76 bits per heavy atom. The van der Waals surface area contributed by atoms with Gasteiger partial charge in [-0.3, -0.25) is 4.79 Å². The van der Waals surface area contributed by atoms with Crippen LogP contribution in [0.15, 0.2) is 24.3 Å². The van der Waals surface area contributed by atoms with Crippen molar-refractivity contribution >= 4 is 5.91 Å². The third-order valence-electron chi connectivity index (χ3n) is 4.16. The maximum Gasteiger partial charge on any atom is 0.260 e. The molecule has 0 atom stereocenters. The first kappa shape index (κ1) is 15.8. The SMILES string of the molecule is CCc1cccc(OCC(=O)N(C)CC2(O)CCCC2)c1. The maximum absolute atomic E-state index is 12.1. The largest absolute Gasteiger partial charge is 0.484 e. The van der Waals surface area contributed by atoms with Crippen LogP contribution in [0, 0.1) is 0 Å². The van der Waals surface area contributed by atoms with E-state index < -0.39 is 5.60 Å². The Bertz CT molecular complexity index is 481. The topological polar surface area (TPSA) is 49.8 Å². The molecule has 0 saturated heterocycles. The van der Waals surface area contributed by atoms with Gasteiger partial charge in [0.25, 0.3) is 5.91 Å². The van der Waals surface area contributed by atoms with Gasteiger partial charge in [-0.15, -0.1) is 0 Å². The average molecular weight is 291 g/mol. The lowest BCUT2D eigenvalue weighted by Gasteiger charge is -2.28. The van der Waals surface area contributed by atoms with E-state index >= 15 is 0 Å². The highest BCUT2D eigenvalue weighted by atomic mass is 16.5. The molecule has 0 heterocycles. The summed E-state index contributed by atoms with van der Waals surface area (Å²) in [5, 5.41) is 10.3. The zero-order valence-corrected chi connectivity index (χ0v) is 13.0. The first-order chi connectivity index (χ1) is 10.0. The molecule has 1 aliphatic rings. The van der Waals surface area contributed by atoms with Crippen molar-refractivity contribution in [3.05, 3.63) is 29.8 Å². The standard InChI is InChI=1S/C17H25NO3/c1-3-14-7-6-8-15(11-14)21-12-16(19)18(2)13-17(20)9-4-5-10-17/h6-8,11,20H,3-5,9-10,12-13H2,1-2H3. The van der Waals surface area contributed by atoms with Crippen molar-refractivity contribution in [1.82, 2.24) is 4.90 Å². The molecular formula is C17H25NO3. The van der Waals surface area contributed by atoms with Crippen molar-refractivity contribution in [3.8, 4) is 5.75 Å². The Labute approximate surface area is 126 Å². The van der Waals surface area contributed by atoms with Gasteiger partial charge in [0.1, 0.15) is 5.75 Å². The molecule has 1 N–H and O–H groups in total. The van der Waals surface area contributed by atoms with Crippen LogP contribution < -0.4 is 4.74 Å². The van der Waals surface area contributed by atoms with Crippen LogP contribution in [0.1, 0.15) is 38.2 Å². The van der Waals surface area contributed by atoms with E-state index in [0.29, 0.717) is 6.54 Å². The van der Waals surface area contributed by atoms with Crippen LogP contribution in [0.25, 0.3) is 0 Å². The molecule has 1 fully saturated rings. The third kappa shape index (κ3) is 4.46. The molecule has 2 rings (SSSR count). The minimum atomic E-state index is -0.702. The van der Waals surface area contributed by atoms with Crippen LogP contribution in [0.3, 0.4) is 0 Å². The maximum atomic E-state index is 12.1. The average Bonchev–Trinajstić information content (AvgIpc) is 2.91. The smallest absolute Gasteiger partial charge is 0.260 e. The summed E-state index contributed by atoms with van der Waals surface area (Å²) in [7, 11) is 1.73. The monoisotopic (exact) mass is 291 g/mol. The fraction of sp³-hybridized carbons (Fsp3) is 0.588. The number of carbonyl (C=O) groups excluding carboxylic acids is 1. The van der Waals surface area contributed by atoms with Gasteiger partial charge in [0.15, 0.2) is 6.61 Å². The van der Waals surface area contributed by atoms with Gasteiger partial charge in [-0.2, -0.15) is 0 Å². The third-order valence-corrected chi connectivity index (χ3v) is 4.16. The second kappa shape index (κ2) is 6.94. The minimum absolute atomic E-state index is 0.0136. The van der Waals surface area contributed by atoms with Crippen LogP contribution in [0.5, 0.6) is 5.75 Å². The summed E-state index contributed by atoms with van der Waals surface area (Å²) >= 11 is 0. The normalized spacial score (nSPS) is 16.7. The summed E-state index contributed by atoms with van der Waals surface area (Å²) in [5.74, 6) is 0.618. The van der Waals surface area contributed by atoms with Gasteiger partial charge in [0.05, 0.1) is 5.60 Å². The van der Waals surface area contributed by atoms with E-state index in [1.807, 2.05) is 24.3 Å². The molecule has 116 valence electrons. The van der Waals surface area contributed by atoms with Crippen molar-refractivity contribution < 1.29 is 14.6 Å². The van der Waals surface area contributed by atoms with E-state index in [1.165, 1.54) is 5.56 Å². The molecule has 1 aromatic carbocycles. The van der Waals surface area contributed by atoms with Gasteiger partial charge in [0, 0.05) is 13.6 Å². The number of aryl methyl sites for hydroxylation is 1. The Morgan fingerprint density at radius 1 is 1.38 bits per heavy atom. The van der Waals surface area contributed by atoms with Crippen molar-refractivity contribution in [2.45, 2.75) is 44.6 Å². The van der Waals surface area contributed by atoms with E-state index in [0.717, 1.165) is 37.9 Å². The molecule has 0 bridgehead atoms. The van der Waals surface area contributed by atoms with Gasteiger partial charge in [-0.25, -0.2) is 0 Å². The Balaban J connectivity index is 1.83. The van der Waals surface area contributed by atoms with Gasteiger partial charge in [0.2, 0.25) is 0 Å². The summed E-state index contributed by atoms with van der Waals surface area (Å²) in [6.45, 7) is 2.49. The minimum Gasteiger partial charge on any atom is -0.484 e. The van der Waals surface area contributed by atoms with E-state index in [1.54, 1.807) is 11.9 Å². The van der Waals surface area contributed by atoms with Crippen LogP contribution in [-0.4, -0.2) is 41.7 Å². The quantitative estimate of drug-likeness (QED) is 0.875. The Hall–Kier alpha value is -1.55. The molecule has 1 saturated carbocycles. The summed E-state index contributed by atoms with van der Waals surface area (Å²) in [6.07, 6.45) is 4.59. The lowest BCUT2D eigenvalue weighted by Crippen LogP contribution is -2.43. The second-order valence-electron chi connectivity index (χ2n) is 5.97. The zero-order chi connectivity index (χ0) is 15.3. The molecule has 1 amide bonds. The van der Waals surface area contributed by atoms with Crippen LogP contribution in [0.4, 0.5) is 0 Å². The molecule has 1 aliphatic carbocycles. The molecule has 0 spiro atoms. The molecule has 4 nitrogen and oxygen atoms in total. The lowest BCUT2D eigenvalue weighted by atomic mass is 10.0. The summed E-state index contributed by atoms with van der Waals surface area (Å²) in [6, 6.07) is 7.79. The van der Waals surface area contributed by atoms with Crippen LogP contribution in [-0.2, 0) is 11.2 Å². The van der Waals surface area contributed by atoms with Crippen molar-refractivity contribution in [1.29, 1.82) is 0 Å². The van der Waals surface area contributed by atoms with E-state index in [-0.39, 0.29) is 12.5 Å². The Morgan fingerprint density at radius 2 is 2.10 bits per heavy atom. The van der Waals surface area contributed by atoms with Crippen molar-refractivity contribution in [2.24, 2.45) is 0 Å². The zero-order valence-electron chi connectivity index (χ0n) is 13.0. The first-order valence-electron chi connectivity index (χ1n) is 7.70. The van der Waals surface area contributed by atoms with Gasteiger partial charge < -0.3 is 14.7 Å². The number of rotatable bonds is 6. The first-order valence-corrected chi connectivity index (χ1v) is 7.70.